The first kappa shape index (κ1) is 21.9. The fraction of sp³-hybridized carbons (Fsp3) is 0.368. The number of benzene rings is 1. The summed E-state index contributed by atoms with van der Waals surface area (Å²) in [5.41, 5.74) is 3.06. The Morgan fingerprint density at radius 3 is 2.56 bits per heavy atom. The van der Waals surface area contributed by atoms with Crippen LogP contribution in [0.25, 0.3) is 0 Å². The second kappa shape index (κ2) is 13.1. The van der Waals surface area contributed by atoms with Crippen molar-refractivity contribution in [1.29, 1.82) is 0 Å². The maximum absolute atomic E-state index is 11.7. The molecule has 1 aromatic rings. The Morgan fingerprint density at radius 1 is 1.15 bits per heavy atom. The first-order chi connectivity index (χ1) is 13.1. The van der Waals surface area contributed by atoms with Crippen molar-refractivity contribution in [3.05, 3.63) is 48.0 Å². The SMILES string of the molecule is CCOC(=O)/C=C/CCC/C(=N/NC(=O)OCc1ccccc1)C(=O)OC. The molecule has 8 nitrogen and oxygen atoms in total. The van der Waals surface area contributed by atoms with Crippen LogP contribution in [0.5, 0.6) is 0 Å². The maximum atomic E-state index is 11.7. The lowest BCUT2D eigenvalue weighted by molar-refractivity contribution is -0.137. The lowest BCUT2D eigenvalue weighted by Gasteiger charge is -2.06. The molecule has 0 fully saturated rings. The molecule has 1 rings (SSSR count). The van der Waals surface area contributed by atoms with E-state index >= 15 is 0 Å². The van der Waals surface area contributed by atoms with Crippen molar-refractivity contribution >= 4 is 23.7 Å². The van der Waals surface area contributed by atoms with Gasteiger partial charge >= 0.3 is 18.0 Å². The fourth-order valence-corrected chi connectivity index (χ4v) is 1.95. The van der Waals surface area contributed by atoms with Crippen LogP contribution < -0.4 is 5.43 Å². The van der Waals surface area contributed by atoms with Crippen molar-refractivity contribution in [2.24, 2.45) is 5.10 Å². The Labute approximate surface area is 158 Å². The summed E-state index contributed by atoms with van der Waals surface area (Å²) < 4.78 is 14.4. The standard InChI is InChI=1S/C19H24N2O6/c1-3-26-17(22)13-9-5-8-12-16(18(23)25-2)20-21-19(24)27-14-15-10-6-4-7-11-15/h4,6-7,9-11,13H,3,5,8,12,14H2,1-2H3,(H,21,24)/b13-9+,20-16-. The van der Waals surface area contributed by atoms with E-state index in [1.54, 1.807) is 13.0 Å². The van der Waals surface area contributed by atoms with E-state index in [1.165, 1.54) is 13.2 Å². The number of carbonyl (C=O) groups excluding carboxylic acids is 3. The number of nitrogens with one attached hydrogen (secondary N) is 1. The highest BCUT2D eigenvalue weighted by Gasteiger charge is 2.12. The van der Waals surface area contributed by atoms with Gasteiger partial charge in [-0.1, -0.05) is 36.4 Å². The Morgan fingerprint density at radius 2 is 1.89 bits per heavy atom. The molecule has 0 radical (unpaired) electrons. The van der Waals surface area contributed by atoms with Gasteiger partial charge in [-0.25, -0.2) is 19.8 Å². The maximum Gasteiger partial charge on any atom is 0.428 e. The van der Waals surface area contributed by atoms with Crippen LogP contribution in [0.1, 0.15) is 31.7 Å². The minimum absolute atomic E-state index is 0.0543. The number of methoxy groups -OCH3 is 1. The lowest BCUT2D eigenvalue weighted by atomic mass is 10.1. The highest BCUT2D eigenvalue weighted by atomic mass is 16.6. The molecule has 27 heavy (non-hydrogen) atoms. The molecule has 0 aliphatic heterocycles. The monoisotopic (exact) mass is 376 g/mol. The second-order valence-electron chi connectivity index (χ2n) is 5.27. The quantitative estimate of drug-likeness (QED) is 0.168. The Balaban J connectivity index is 2.44. The van der Waals surface area contributed by atoms with E-state index in [1.807, 2.05) is 30.3 Å². The number of nitrogens with zero attached hydrogens (tertiary/aromatic N) is 1. The summed E-state index contributed by atoms with van der Waals surface area (Å²) >= 11 is 0. The predicted octanol–water partition coefficient (Wildman–Crippen LogP) is 2.73. The number of rotatable bonds is 10. The molecule has 0 saturated heterocycles. The van der Waals surface area contributed by atoms with E-state index in [9.17, 15) is 14.4 Å². The fourth-order valence-electron chi connectivity index (χ4n) is 1.95. The van der Waals surface area contributed by atoms with Crippen molar-refractivity contribution in [1.82, 2.24) is 5.43 Å². The molecule has 8 heteroatoms. The first-order valence-electron chi connectivity index (χ1n) is 8.51. The van der Waals surface area contributed by atoms with Gasteiger partial charge in [-0.05, 0) is 31.7 Å². The molecule has 0 saturated carbocycles. The topological polar surface area (TPSA) is 103 Å². The van der Waals surface area contributed by atoms with Crippen LogP contribution in [0.4, 0.5) is 4.79 Å². The van der Waals surface area contributed by atoms with Gasteiger partial charge in [0.05, 0.1) is 13.7 Å². The Bertz CT molecular complexity index is 670. The number of hydrazone groups is 1. The Kier molecular flexibility index (Phi) is 10.6. The molecular formula is C19H24N2O6. The summed E-state index contributed by atoms with van der Waals surface area (Å²) in [6.45, 7) is 2.13. The highest BCUT2D eigenvalue weighted by molar-refractivity contribution is 6.36. The zero-order chi connectivity index (χ0) is 19.9. The molecule has 1 N–H and O–H groups in total. The number of unbranched alkanes of at least 4 members (excludes halogenated alkanes) is 1. The normalized spacial score (nSPS) is 11.1. The number of ether oxygens (including phenoxy) is 3. The summed E-state index contributed by atoms with van der Waals surface area (Å²) in [5.74, 6) is -1.06. The average Bonchev–Trinajstić information content (AvgIpc) is 2.68. The lowest BCUT2D eigenvalue weighted by Crippen LogP contribution is -2.24. The molecule has 0 aliphatic rings. The summed E-state index contributed by atoms with van der Waals surface area (Å²) in [5, 5.41) is 3.77. The van der Waals surface area contributed by atoms with Gasteiger partial charge in [0, 0.05) is 6.08 Å². The summed E-state index contributed by atoms with van der Waals surface area (Å²) in [7, 11) is 1.23. The van der Waals surface area contributed by atoms with Crippen molar-refractivity contribution in [3.63, 3.8) is 0 Å². The number of hydrogen-bond acceptors (Lipinski definition) is 7. The summed E-state index contributed by atoms with van der Waals surface area (Å²) in [6.07, 6.45) is 3.53. The highest BCUT2D eigenvalue weighted by Crippen LogP contribution is 2.03. The molecule has 1 amide bonds. The van der Waals surface area contributed by atoms with Crippen molar-refractivity contribution < 1.29 is 28.6 Å². The molecule has 1 aromatic carbocycles. The minimum atomic E-state index is -0.775. The van der Waals surface area contributed by atoms with E-state index in [0.717, 1.165) is 5.56 Å². The zero-order valence-corrected chi connectivity index (χ0v) is 15.5. The van der Waals surface area contributed by atoms with Gasteiger partial charge in [0.1, 0.15) is 12.3 Å². The minimum Gasteiger partial charge on any atom is -0.464 e. The third-order valence-corrected chi connectivity index (χ3v) is 3.24. The van der Waals surface area contributed by atoms with Gasteiger partial charge in [-0.2, -0.15) is 5.10 Å². The smallest absolute Gasteiger partial charge is 0.428 e. The van der Waals surface area contributed by atoms with E-state index in [-0.39, 0.29) is 18.7 Å². The average molecular weight is 376 g/mol. The number of esters is 2. The van der Waals surface area contributed by atoms with E-state index < -0.39 is 18.0 Å². The van der Waals surface area contributed by atoms with Crippen LogP contribution in [0.3, 0.4) is 0 Å². The van der Waals surface area contributed by atoms with E-state index in [4.69, 9.17) is 9.47 Å². The molecule has 0 bridgehead atoms. The van der Waals surface area contributed by atoms with Crippen molar-refractivity contribution in [3.8, 4) is 0 Å². The van der Waals surface area contributed by atoms with Crippen LogP contribution >= 0.6 is 0 Å². The van der Waals surface area contributed by atoms with Crippen LogP contribution in [-0.2, 0) is 30.4 Å². The third-order valence-electron chi connectivity index (χ3n) is 3.24. The Hall–Kier alpha value is -3.16. The molecule has 146 valence electrons. The molecular weight excluding hydrogens is 352 g/mol. The number of hydrogen-bond donors (Lipinski definition) is 1. The number of amides is 1. The van der Waals surface area contributed by atoms with Gasteiger partial charge in [-0.3, -0.25) is 0 Å². The number of carbonyl (C=O) groups is 3. The van der Waals surface area contributed by atoms with Crippen LogP contribution in [0.15, 0.2) is 47.6 Å². The molecule has 0 aliphatic carbocycles. The van der Waals surface area contributed by atoms with Crippen molar-refractivity contribution in [2.75, 3.05) is 13.7 Å². The van der Waals surface area contributed by atoms with E-state index in [2.05, 4.69) is 15.3 Å². The largest absolute Gasteiger partial charge is 0.464 e. The van der Waals surface area contributed by atoms with Crippen LogP contribution in [0.2, 0.25) is 0 Å². The molecule has 0 atom stereocenters. The van der Waals surface area contributed by atoms with Gasteiger partial charge in [0.15, 0.2) is 0 Å². The van der Waals surface area contributed by atoms with Crippen LogP contribution in [-0.4, -0.2) is 37.5 Å². The van der Waals surface area contributed by atoms with E-state index in [0.29, 0.717) is 19.4 Å². The molecule has 0 aromatic heterocycles. The molecule has 0 unspecified atom stereocenters. The van der Waals surface area contributed by atoms with Gasteiger partial charge in [0.25, 0.3) is 0 Å². The van der Waals surface area contributed by atoms with Gasteiger partial charge in [-0.15, -0.1) is 0 Å². The first-order valence-corrected chi connectivity index (χ1v) is 8.51. The van der Waals surface area contributed by atoms with Gasteiger partial charge < -0.3 is 14.2 Å². The molecule has 0 heterocycles. The van der Waals surface area contributed by atoms with Gasteiger partial charge in [0.2, 0.25) is 0 Å². The third kappa shape index (κ3) is 9.78. The predicted molar refractivity (Wildman–Crippen MR) is 98.8 cm³/mol. The van der Waals surface area contributed by atoms with Crippen LogP contribution in [0, 0.1) is 0 Å². The zero-order valence-electron chi connectivity index (χ0n) is 15.5. The number of allylic oxidation sites excluding steroid dienone is 1. The summed E-state index contributed by atoms with van der Waals surface area (Å²) in [6, 6.07) is 9.17. The summed E-state index contributed by atoms with van der Waals surface area (Å²) in [4.78, 5) is 34.6. The molecule has 0 spiro atoms. The second-order valence-corrected chi connectivity index (χ2v) is 5.27. The van der Waals surface area contributed by atoms with Crippen molar-refractivity contribution in [2.45, 2.75) is 32.8 Å².